The van der Waals surface area contributed by atoms with Crippen molar-refractivity contribution in [1.82, 2.24) is 4.90 Å². The smallest absolute Gasteiger partial charge is 0.222 e. The van der Waals surface area contributed by atoms with Gasteiger partial charge in [0.15, 0.2) is 9.84 Å². The van der Waals surface area contributed by atoms with Crippen molar-refractivity contribution in [3.05, 3.63) is 42.7 Å². The third-order valence-electron chi connectivity index (χ3n) is 4.53. The summed E-state index contributed by atoms with van der Waals surface area (Å²) in [4.78, 5) is 14.2. The van der Waals surface area contributed by atoms with Gasteiger partial charge >= 0.3 is 0 Å². The van der Waals surface area contributed by atoms with Crippen LogP contribution in [0.15, 0.2) is 41.8 Å². The first kappa shape index (κ1) is 20.6. The van der Waals surface area contributed by atoms with E-state index in [9.17, 15) is 17.6 Å². The van der Waals surface area contributed by atoms with Crippen LogP contribution >= 0.6 is 0 Å². The Morgan fingerprint density at radius 3 is 2.54 bits per heavy atom. The molecule has 0 radical (unpaired) electrons. The molecule has 1 amide bonds. The number of halogens is 1. The Labute approximate surface area is 154 Å². The molecule has 1 aromatic rings. The topological polar surface area (TPSA) is 63.7 Å². The number of rotatable bonds is 9. The van der Waals surface area contributed by atoms with Crippen molar-refractivity contribution < 1.29 is 22.3 Å². The maximum absolute atomic E-state index is 12.9. The molecule has 1 aliphatic rings. The van der Waals surface area contributed by atoms with Gasteiger partial charge in [-0.25, -0.2) is 12.8 Å². The van der Waals surface area contributed by atoms with Crippen LogP contribution < -0.4 is 0 Å². The second-order valence-electron chi connectivity index (χ2n) is 6.53. The molecule has 0 N–H and O–H groups in total. The number of carbonyl (C=O) groups excluding carboxylic acids is 1. The summed E-state index contributed by atoms with van der Waals surface area (Å²) in [5, 5.41) is 0. The van der Waals surface area contributed by atoms with Gasteiger partial charge in [0.2, 0.25) is 5.91 Å². The molecular formula is C19H26FNO4S. The molecule has 1 fully saturated rings. The van der Waals surface area contributed by atoms with Crippen molar-refractivity contribution in [2.45, 2.75) is 30.6 Å². The predicted octanol–water partition coefficient (Wildman–Crippen LogP) is 2.82. The molecule has 0 spiro atoms. The second kappa shape index (κ2) is 9.83. The van der Waals surface area contributed by atoms with Crippen LogP contribution in [0.1, 0.15) is 25.7 Å². The Hall–Kier alpha value is -1.73. The first-order valence-electron chi connectivity index (χ1n) is 8.87. The Morgan fingerprint density at radius 1 is 1.27 bits per heavy atom. The molecule has 0 saturated carbocycles. The lowest BCUT2D eigenvalue weighted by Gasteiger charge is -2.32. The number of piperidine rings is 1. The van der Waals surface area contributed by atoms with E-state index in [1.54, 1.807) is 11.0 Å². The zero-order chi connectivity index (χ0) is 19.0. The second-order valence-corrected chi connectivity index (χ2v) is 8.64. The molecule has 1 aliphatic heterocycles. The van der Waals surface area contributed by atoms with E-state index in [1.165, 1.54) is 12.1 Å². The monoisotopic (exact) mass is 383 g/mol. The van der Waals surface area contributed by atoms with E-state index < -0.39 is 15.7 Å². The van der Waals surface area contributed by atoms with Gasteiger partial charge in [-0.1, -0.05) is 6.08 Å². The number of benzene rings is 1. The van der Waals surface area contributed by atoms with E-state index in [1.807, 2.05) is 0 Å². The molecule has 5 nitrogen and oxygen atoms in total. The van der Waals surface area contributed by atoms with Gasteiger partial charge in [-0.05, 0) is 49.4 Å². The zero-order valence-corrected chi connectivity index (χ0v) is 15.7. The molecule has 0 bridgehead atoms. The van der Waals surface area contributed by atoms with E-state index in [-0.39, 0.29) is 29.4 Å². The SMILES string of the molecule is C=CCOCC1CCN(C(=O)CCCS(=O)(=O)c2ccc(F)cc2)CC1. The fraction of sp³-hybridized carbons (Fsp3) is 0.526. The maximum Gasteiger partial charge on any atom is 0.222 e. The van der Waals surface area contributed by atoms with Gasteiger partial charge in [-0.3, -0.25) is 4.79 Å². The molecular weight excluding hydrogens is 357 g/mol. The van der Waals surface area contributed by atoms with Gasteiger partial charge in [-0.15, -0.1) is 6.58 Å². The molecule has 0 atom stereocenters. The van der Waals surface area contributed by atoms with Crippen LogP contribution in [0, 0.1) is 11.7 Å². The highest BCUT2D eigenvalue weighted by Crippen LogP contribution is 2.19. The van der Waals surface area contributed by atoms with Crippen LogP contribution in [0.5, 0.6) is 0 Å². The van der Waals surface area contributed by atoms with Crippen LogP contribution in [0.4, 0.5) is 4.39 Å². The molecule has 144 valence electrons. The molecule has 7 heteroatoms. The molecule has 0 aliphatic carbocycles. The fourth-order valence-corrected chi connectivity index (χ4v) is 4.31. The first-order chi connectivity index (χ1) is 12.4. The average Bonchev–Trinajstić information content (AvgIpc) is 2.62. The highest BCUT2D eigenvalue weighted by molar-refractivity contribution is 7.91. The molecule has 0 aromatic heterocycles. The summed E-state index contributed by atoms with van der Waals surface area (Å²) in [6, 6.07) is 4.76. The minimum atomic E-state index is -3.49. The van der Waals surface area contributed by atoms with Crippen molar-refractivity contribution in [1.29, 1.82) is 0 Å². The number of amides is 1. The number of ether oxygens (including phenoxy) is 1. The highest BCUT2D eigenvalue weighted by atomic mass is 32.2. The molecule has 0 unspecified atom stereocenters. The minimum absolute atomic E-state index is 0.00948. The lowest BCUT2D eigenvalue weighted by molar-refractivity contribution is -0.132. The summed E-state index contributed by atoms with van der Waals surface area (Å²) in [7, 11) is -3.49. The summed E-state index contributed by atoms with van der Waals surface area (Å²) >= 11 is 0. The van der Waals surface area contributed by atoms with Crippen molar-refractivity contribution in [3.8, 4) is 0 Å². The molecule has 26 heavy (non-hydrogen) atoms. The normalized spacial score (nSPS) is 15.8. The average molecular weight is 383 g/mol. The first-order valence-corrected chi connectivity index (χ1v) is 10.5. The summed E-state index contributed by atoms with van der Waals surface area (Å²) in [5.41, 5.74) is 0. The fourth-order valence-electron chi connectivity index (χ4n) is 3.00. The van der Waals surface area contributed by atoms with Gasteiger partial charge in [-0.2, -0.15) is 0 Å². The number of likely N-dealkylation sites (tertiary alicyclic amines) is 1. The van der Waals surface area contributed by atoms with Crippen molar-refractivity contribution in [3.63, 3.8) is 0 Å². The van der Waals surface area contributed by atoms with Gasteiger partial charge in [0.25, 0.3) is 0 Å². The maximum atomic E-state index is 12.9. The number of carbonyl (C=O) groups is 1. The lowest BCUT2D eigenvalue weighted by atomic mass is 9.97. The van der Waals surface area contributed by atoms with Gasteiger partial charge in [0.1, 0.15) is 5.82 Å². The zero-order valence-electron chi connectivity index (χ0n) is 14.9. The molecule has 1 saturated heterocycles. The molecule has 1 heterocycles. The van der Waals surface area contributed by atoms with Crippen molar-refractivity contribution >= 4 is 15.7 Å². The van der Waals surface area contributed by atoms with Crippen molar-refractivity contribution in [2.75, 3.05) is 32.1 Å². The van der Waals surface area contributed by atoms with Crippen LogP contribution in [0.3, 0.4) is 0 Å². The van der Waals surface area contributed by atoms with E-state index in [0.717, 1.165) is 25.0 Å². The van der Waals surface area contributed by atoms with E-state index >= 15 is 0 Å². The number of hydrogen-bond acceptors (Lipinski definition) is 4. The van der Waals surface area contributed by atoms with Crippen LogP contribution in [0.2, 0.25) is 0 Å². The Kier molecular flexibility index (Phi) is 7.78. The number of hydrogen-bond donors (Lipinski definition) is 0. The van der Waals surface area contributed by atoms with Crippen LogP contribution in [-0.2, 0) is 19.4 Å². The van der Waals surface area contributed by atoms with E-state index in [0.29, 0.717) is 32.2 Å². The van der Waals surface area contributed by atoms with Gasteiger partial charge in [0, 0.05) is 26.1 Å². The third-order valence-corrected chi connectivity index (χ3v) is 6.35. The lowest BCUT2D eigenvalue weighted by Crippen LogP contribution is -2.39. The predicted molar refractivity (Wildman–Crippen MR) is 98.0 cm³/mol. The Bertz CT molecular complexity index is 695. The van der Waals surface area contributed by atoms with E-state index in [2.05, 4.69) is 6.58 Å². The number of nitrogens with zero attached hydrogens (tertiary/aromatic N) is 1. The van der Waals surface area contributed by atoms with Gasteiger partial charge < -0.3 is 9.64 Å². The van der Waals surface area contributed by atoms with E-state index in [4.69, 9.17) is 4.74 Å². The standard InChI is InChI=1S/C19H26FNO4S/c1-2-13-25-15-16-9-11-21(12-10-16)19(22)4-3-14-26(23,24)18-7-5-17(20)6-8-18/h2,5-8,16H,1,3-4,9-15H2. The Morgan fingerprint density at radius 2 is 1.92 bits per heavy atom. The molecule has 2 rings (SSSR count). The van der Waals surface area contributed by atoms with Crippen LogP contribution in [0.25, 0.3) is 0 Å². The highest BCUT2D eigenvalue weighted by Gasteiger charge is 2.23. The summed E-state index contributed by atoms with van der Waals surface area (Å²) in [6.07, 6.45) is 3.99. The minimum Gasteiger partial charge on any atom is -0.377 e. The largest absolute Gasteiger partial charge is 0.377 e. The Balaban J connectivity index is 1.72. The third kappa shape index (κ3) is 6.21. The van der Waals surface area contributed by atoms with Gasteiger partial charge in [0.05, 0.1) is 17.3 Å². The summed E-state index contributed by atoms with van der Waals surface area (Å²) < 4.78 is 42.8. The van der Waals surface area contributed by atoms with Crippen molar-refractivity contribution in [2.24, 2.45) is 5.92 Å². The summed E-state index contributed by atoms with van der Waals surface area (Å²) in [5.74, 6) is -0.143. The van der Waals surface area contributed by atoms with Crippen LogP contribution in [-0.4, -0.2) is 51.3 Å². The number of sulfone groups is 1. The quantitative estimate of drug-likeness (QED) is 0.374. The summed E-state index contributed by atoms with van der Waals surface area (Å²) in [6.45, 7) is 6.21. The molecule has 1 aromatic carbocycles.